The Hall–Kier alpha value is -0.780. The van der Waals surface area contributed by atoms with Crippen LogP contribution in [-0.4, -0.2) is 27.9 Å². The maximum atomic E-state index is 13.4. The minimum absolute atomic E-state index is 0.000880. The molecule has 0 saturated heterocycles. The molecule has 0 aromatic heterocycles. The van der Waals surface area contributed by atoms with Crippen molar-refractivity contribution in [2.45, 2.75) is 18.6 Å². The van der Waals surface area contributed by atoms with E-state index in [0.717, 1.165) is 6.07 Å². The molecule has 1 aromatic carbocycles. The van der Waals surface area contributed by atoms with E-state index in [1.165, 1.54) is 12.1 Å². The lowest BCUT2D eigenvalue weighted by molar-refractivity contribution is 0.0153. The predicted molar refractivity (Wildman–Crippen MR) is 61.2 cm³/mol. The standard InChI is InChI=1S/C11H12BrFO3/c12-4-3-10(15)11(16)8-2-1-7(6-14)5-9(8)13/h1-2,5-6,10-11,15-16H,3-4H2. The summed E-state index contributed by atoms with van der Waals surface area (Å²) in [6.45, 7) is 0. The quantitative estimate of drug-likeness (QED) is 0.642. The lowest BCUT2D eigenvalue weighted by Crippen LogP contribution is -2.19. The maximum Gasteiger partial charge on any atom is 0.150 e. The van der Waals surface area contributed by atoms with Crippen LogP contribution in [0.3, 0.4) is 0 Å². The van der Waals surface area contributed by atoms with Crippen LogP contribution >= 0.6 is 15.9 Å². The number of hydrogen-bond acceptors (Lipinski definition) is 3. The highest BCUT2D eigenvalue weighted by Crippen LogP contribution is 2.22. The summed E-state index contributed by atoms with van der Waals surface area (Å²) in [7, 11) is 0. The van der Waals surface area contributed by atoms with Crippen LogP contribution in [0.2, 0.25) is 0 Å². The van der Waals surface area contributed by atoms with Crippen LogP contribution in [0.4, 0.5) is 4.39 Å². The van der Waals surface area contributed by atoms with Crippen LogP contribution in [0.1, 0.15) is 28.4 Å². The second-order valence-corrected chi connectivity index (χ2v) is 4.18. The summed E-state index contributed by atoms with van der Waals surface area (Å²) in [5.41, 5.74) is 0.197. The summed E-state index contributed by atoms with van der Waals surface area (Å²) in [6, 6.07) is 3.74. The Bertz CT molecular complexity index is 370. The van der Waals surface area contributed by atoms with Gasteiger partial charge in [-0.3, -0.25) is 4.79 Å². The van der Waals surface area contributed by atoms with E-state index in [0.29, 0.717) is 18.0 Å². The first kappa shape index (κ1) is 13.3. The zero-order valence-corrected chi connectivity index (χ0v) is 10.0. The summed E-state index contributed by atoms with van der Waals surface area (Å²) in [6.07, 6.45) is -1.47. The number of rotatable bonds is 5. The first-order valence-corrected chi connectivity index (χ1v) is 5.89. The monoisotopic (exact) mass is 290 g/mol. The fourth-order valence-corrected chi connectivity index (χ4v) is 1.80. The number of aliphatic hydroxyl groups is 2. The molecule has 5 heteroatoms. The molecule has 1 aromatic rings. The van der Waals surface area contributed by atoms with Gasteiger partial charge in [0.2, 0.25) is 0 Å². The molecule has 2 atom stereocenters. The number of carbonyl (C=O) groups excluding carboxylic acids is 1. The van der Waals surface area contributed by atoms with Crippen LogP contribution in [-0.2, 0) is 0 Å². The molecule has 88 valence electrons. The molecule has 0 aliphatic rings. The van der Waals surface area contributed by atoms with Gasteiger partial charge in [-0.2, -0.15) is 0 Å². The van der Waals surface area contributed by atoms with E-state index < -0.39 is 18.0 Å². The molecule has 2 unspecified atom stereocenters. The Labute approximate surface area is 101 Å². The van der Waals surface area contributed by atoms with Crippen molar-refractivity contribution < 1.29 is 19.4 Å². The zero-order chi connectivity index (χ0) is 12.1. The van der Waals surface area contributed by atoms with Crippen LogP contribution in [0.15, 0.2) is 18.2 Å². The highest BCUT2D eigenvalue weighted by atomic mass is 79.9. The van der Waals surface area contributed by atoms with Gasteiger partial charge < -0.3 is 10.2 Å². The summed E-state index contributed by atoms with van der Waals surface area (Å²) in [4.78, 5) is 10.4. The molecule has 3 nitrogen and oxygen atoms in total. The lowest BCUT2D eigenvalue weighted by Gasteiger charge is -2.17. The summed E-state index contributed by atoms with van der Waals surface area (Å²) < 4.78 is 13.4. The van der Waals surface area contributed by atoms with Gasteiger partial charge in [-0.15, -0.1) is 0 Å². The van der Waals surface area contributed by atoms with E-state index in [9.17, 15) is 19.4 Å². The molecule has 0 heterocycles. The summed E-state index contributed by atoms with van der Waals surface area (Å²) >= 11 is 3.12. The molecule has 0 bridgehead atoms. The van der Waals surface area contributed by atoms with Crippen LogP contribution in [0.25, 0.3) is 0 Å². The van der Waals surface area contributed by atoms with Crippen molar-refractivity contribution in [2.24, 2.45) is 0 Å². The van der Waals surface area contributed by atoms with Gasteiger partial charge in [-0.25, -0.2) is 4.39 Å². The molecule has 0 fully saturated rings. The summed E-state index contributed by atoms with van der Waals surface area (Å²) in [5, 5.41) is 19.7. The molecule has 0 aliphatic carbocycles. The van der Waals surface area contributed by atoms with Crippen molar-refractivity contribution in [3.8, 4) is 0 Å². The molecule has 0 radical (unpaired) electrons. The van der Waals surface area contributed by atoms with Gasteiger partial charge >= 0.3 is 0 Å². The average molecular weight is 291 g/mol. The molecule has 0 aliphatic heterocycles. The molecular formula is C11H12BrFO3. The second-order valence-electron chi connectivity index (χ2n) is 3.39. The van der Waals surface area contributed by atoms with Crippen LogP contribution < -0.4 is 0 Å². The largest absolute Gasteiger partial charge is 0.390 e. The number of aliphatic hydroxyl groups excluding tert-OH is 2. The van der Waals surface area contributed by atoms with Crippen LogP contribution in [0, 0.1) is 5.82 Å². The Morgan fingerprint density at radius 1 is 1.44 bits per heavy atom. The molecule has 2 N–H and O–H groups in total. The lowest BCUT2D eigenvalue weighted by atomic mass is 10.0. The molecule has 1 rings (SSSR count). The average Bonchev–Trinajstić information content (AvgIpc) is 2.28. The minimum atomic E-state index is -1.28. The third-order valence-corrected chi connectivity index (χ3v) is 2.71. The van der Waals surface area contributed by atoms with E-state index in [4.69, 9.17) is 0 Å². The second kappa shape index (κ2) is 6.08. The summed E-state index contributed by atoms with van der Waals surface area (Å²) in [5.74, 6) is -0.689. The number of halogens is 2. The molecular weight excluding hydrogens is 279 g/mol. The Morgan fingerprint density at radius 2 is 2.12 bits per heavy atom. The highest BCUT2D eigenvalue weighted by Gasteiger charge is 2.20. The zero-order valence-electron chi connectivity index (χ0n) is 8.44. The molecule has 0 saturated carbocycles. The Kier molecular flexibility index (Phi) is 5.05. The van der Waals surface area contributed by atoms with E-state index in [2.05, 4.69) is 15.9 Å². The van der Waals surface area contributed by atoms with Crippen molar-refractivity contribution in [1.82, 2.24) is 0 Å². The van der Waals surface area contributed by atoms with Gasteiger partial charge in [0.1, 0.15) is 18.2 Å². The molecule has 0 amide bonds. The van der Waals surface area contributed by atoms with Gasteiger partial charge in [-0.1, -0.05) is 28.1 Å². The van der Waals surface area contributed by atoms with E-state index in [-0.39, 0.29) is 11.1 Å². The van der Waals surface area contributed by atoms with Crippen molar-refractivity contribution in [3.63, 3.8) is 0 Å². The fourth-order valence-electron chi connectivity index (χ4n) is 1.33. The van der Waals surface area contributed by atoms with E-state index in [1.54, 1.807) is 0 Å². The minimum Gasteiger partial charge on any atom is -0.390 e. The SMILES string of the molecule is O=Cc1ccc(C(O)C(O)CCBr)c(F)c1. The number of carbonyl (C=O) groups is 1. The number of aldehydes is 1. The first-order valence-electron chi connectivity index (χ1n) is 4.77. The topological polar surface area (TPSA) is 57.5 Å². The first-order chi connectivity index (χ1) is 7.60. The third kappa shape index (κ3) is 3.10. The highest BCUT2D eigenvalue weighted by molar-refractivity contribution is 9.09. The van der Waals surface area contributed by atoms with E-state index >= 15 is 0 Å². The van der Waals surface area contributed by atoms with Crippen molar-refractivity contribution in [2.75, 3.05) is 5.33 Å². The van der Waals surface area contributed by atoms with Crippen LogP contribution in [0.5, 0.6) is 0 Å². The van der Waals surface area contributed by atoms with Gasteiger partial charge in [0.25, 0.3) is 0 Å². The predicted octanol–water partition coefficient (Wildman–Crippen LogP) is 1.82. The van der Waals surface area contributed by atoms with Gasteiger partial charge in [0.15, 0.2) is 0 Å². The smallest absolute Gasteiger partial charge is 0.150 e. The number of alkyl halides is 1. The van der Waals surface area contributed by atoms with Gasteiger partial charge in [-0.05, 0) is 12.5 Å². The van der Waals surface area contributed by atoms with Crippen molar-refractivity contribution in [3.05, 3.63) is 35.1 Å². The Morgan fingerprint density at radius 3 is 2.62 bits per heavy atom. The Balaban J connectivity index is 2.91. The molecule has 16 heavy (non-hydrogen) atoms. The molecule has 0 spiro atoms. The number of benzene rings is 1. The van der Waals surface area contributed by atoms with Gasteiger partial charge in [0.05, 0.1) is 6.10 Å². The third-order valence-electron chi connectivity index (χ3n) is 2.25. The fraction of sp³-hybridized carbons (Fsp3) is 0.364. The normalized spacial score (nSPS) is 14.5. The number of hydrogen-bond donors (Lipinski definition) is 2. The van der Waals surface area contributed by atoms with E-state index in [1.807, 2.05) is 0 Å². The van der Waals surface area contributed by atoms with Gasteiger partial charge in [0, 0.05) is 16.5 Å². The van der Waals surface area contributed by atoms with Crippen molar-refractivity contribution in [1.29, 1.82) is 0 Å². The maximum absolute atomic E-state index is 13.4. The van der Waals surface area contributed by atoms with Crippen molar-refractivity contribution >= 4 is 22.2 Å².